The Bertz CT molecular complexity index is 1890. The molecule has 0 bridgehead atoms. The molecule has 0 saturated carbocycles. The largest absolute Gasteiger partial charge is 0.461 e. The van der Waals surface area contributed by atoms with Crippen molar-refractivity contribution in [3.05, 3.63) is 112 Å². The fourth-order valence-corrected chi connectivity index (χ4v) is 5.88. The number of nitro groups is 1. The van der Waals surface area contributed by atoms with Crippen LogP contribution in [0.25, 0.3) is 21.7 Å². The van der Waals surface area contributed by atoms with Crippen molar-refractivity contribution in [1.29, 1.82) is 0 Å². The lowest BCUT2D eigenvalue weighted by Gasteiger charge is -2.23. The lowest BCUT2D eigenvalue weighted by atomic mass is 10.1. The van der Waals surface area contributed by atoms with Gasteiger partial charge in [-0.2, -0.15) is 4.31 Å². The van der Waals surface area contributed by atoms with Crippen LogP contribution in [0.3, 0.4) is 0 Å². The Labute approximate surface area is 217 Å². The average Bonchev–Trinajstić information content (AvgIpc) is 3.23. The summed E-state index contributed by atoms with van der Waals surface area (Å²) in [4.78, 5) is 36.6. The quantitative estimate of drug-likeness (QED) is 0.149. The van der Waals surface area contributed by atoms with Crippen LogP contribution in [0, 0.1) is 17.0 Å². The maximum absolute atomic E-state index is 14.1. The Hall–Kier alpha value is -4.83. The van der Waals surface area contributed by atoms with Crippen LogP contribution in [-0.2, 0) is 10.0 Å². The van der Waals surface area contributed by atoms with E-state index in [2.05, 4.69) is 0 Å². The standard InChI is InChI=1S/C28H20N2O7S/c1-17(31)27-18(2)37-26-13-11-22(16-25(26)27)29(28(32)21-8-5-9-23(14-21)30(33)34)38(35,36)24-12-10-19-6-3-4-7-20(19)15-24/h3-16H,1-2H3. The van der Waals surface area contributed by atoms with E-state index >= 15 is 0 Å². The molecular weight excluding hydrogens is 508 g/mol. The predicted molar refractivity (Wildman–Crippen MR) is 142 cm³/mol. The lowest BCUT2D eigenvalue weighted by molar-refractivity contribution is -0.384. The summed E-state index contributed by atoms with van der Waals surface area (Å²) in [6, 6.07) is 20.8. The van der Waals surface area contributed by atoms with Gasteiger partial charge in [-0.3, -0.25) is 19.7 Å². The molecule has 1 aromatic heterocycles. The summed E-state index contributed by atoms with van der Waals surface area (Å²) in [5.41, 5.74) is 0.0120. The van der Waals surface area contributed by atoms with E-state index in [1.54, 1.807) is 25.1 Å². The first kappa shape index (κ1) is 24.8. The van der Waals surface area contributed by atoms with Gasteiger partial charge in [0.2, 0.25) is 0 Å². The topological polar surface area (TPSA) is 128 Å². The summed E-state index contributed by atoms with van der Waals surface area (Å²) in [5.74, 6) is -0.920. The molecule has 5 aromatic rings. The number of hydrogen-bond acceptors (Lipinski definition) is 7. The summed E-state index contributed by atoms with van der Waals surface area (Å²) >= 11 is 0. The van der Waals surface area contributed by atoms with E-state index in [-0.39, 0.29) is 33.2 Å². The van der Waals surface area contributed by atoms with Gasteiger partial charge in [0.15, 0.2) is 5.78 Å². The maximum atomic E-state index is 14.1. The first-order valence-electron chi connectivity index (χ1n) is 11.4. The second-order valence-corrected chi connectivity index (χ2v) is 10.4. The molecular formula is C28H20N2O7S. The third-order valence-corrected chi connectivity index (χ3v) is 7.89. The van der Waals surface area contributed by atoms with Gasteiger partial charge in [0.25, 0.3) is 21.6 Å². The first-order chi connectivity index (χ1) is 18.1. The number of carbonyl (C=O) groups is 2. The van der Waals surface area contributed by atoms with Crippen molar-refractivity contribution in [2.75, 3.05) is 4.31 Å². The number of aryl methyl sites for hydroxylation is 1. The summed E-state index contributed by atoms with van der Waals surface area (Å²) in [5, 5.41) is 13.1. The molecule has 1 amide bonds. The van der Waals surface area contributed by atoms with Crippen LogP contribution < -0.4 is 4.31 Å². The van der Waals surface area contributed by atoms with Gasteiger partial charge < -0.3 is 4.42 Å². The number of non-ortho nitro benzene ring substituents is 1. The highest BCUT2D eigenvalue weighted by molar-refractivity contribution is 7.93. The Morgan fingerprint density at radius 2 is 1.63 bits per heavy atom. The van der Waals surface area contributed by atoms with Gasteiger partial charge in [-0.25, -0.2) is 8.42 Å². The Balaban J connectivity index is 1.75. The summed E-state index contributed by atoms with van der Waals surface area (Å²) in [7, 11) is -4.52. The first-order valence-corrected chi connectivity index (χ1v) is 12.9. The normalized spacial score (nSPS) is 11.5. The summed E-state index contributed by atoms with van der Waals surface area (Å²) in [6.07, 6.45) is 0. The predicted octanol–water partition coefficient (Wildman–Crippen LogP) is 6.04. The van der Waals surface area contributed by atoms with Gasteiger partial charge in [0, 0.05) is 23.1 Å². The van der Waals surface area contributed by atoms with Crippen LogP contribution in [0.15, 0.2) is 94.2 Å². The van der Waals surface area contributed by atoms with E-state index in [0.29, 0.717) is 26.4 Å². The number of sulfonamides is 1. The lowest BCUT2D eigenvalue weighted by Crippen LogP contribution is -2.37. The fourth-order valence-electron chi connectivity index (χ4n) is 4.44. The second kappa shape index (κ2) is 9.24. The molecule has 0 saturated heterocycles. The number of ketones is 1. The van der Waals surface area contributed by atoms with Crippen LogP contribution in [0.4, 0.5) is 11.4 Å². The molecule has 0 radical (unpaired) electrons. The molecule has 9 nitrogen and oxygen atoms in total. The van der Waals surface area contributed by atoms with Gasteiger partial charge in [-0.1, -0.05) is 36.4 Å². The van der Waals surface area contributed by atoms with Gasteiger partial charge in [0.1, 0.15) is 11.3 Å². The minimum absolute atomic E-state index is 0.0505. The number of Topliss-reactive ketones (excluding diaryl/α,β-unsaturated/α-hetero) is 1. The Morgan fingerprint density at radius 1 is 0.895 bits per heavy atom. The molecule has 190 valence electrons. The van der Waals surface area contributed by atoms with E-state index in [1.807, 2.05) is 12.1 Å². The molecule has 10 heteroatoms. The SMILES string of the molecule is CC(=O)c1c(C)oc2ccc(N(C(=O)c3cccc([N+](=O)[O-])c3)S(=O)(=O)c3ccc4ccccc4c3)cc12. The number of benzene rings is 4. The molecule has 0 unspecified atom stereocenters. The molecule has 0 aliphatic rings. The van der Waals surface area contributed by atoms with Crippen LogP contribution in [0.2, 0.25) is 0 Å². The number of hydrogen-bond donors (Lipinski definition) is 0. The maximum Gasteiger partial charge on any atom is 0.272 e. The zero-order chi connectivity index (χ0) is 27.2. The van der Waals surface area contributed by atoms with Crippen LogP contribution in [0.5, 0.6) is 0 Å². The average molecular weight is 529 g/mol. The number of nitrogens with zero attached hydrogens (tertiary/aromatic N) is 2. The van der Waals surface area contributed by atoms with Crippen molar-refractivity contribution in [1.82, 2.24) is 0 Å². The second-order valence-electron chi connectivity index (χ2n) is 8.66. The highest BCUT2D eigenvalue weighted by Crippen LogP contribution is 2.34. The number of rotatable bonds is 6. The molecule has 38 heavy (non-hydrogen) atoms. The van der Waals surface area contributed by atoms with Crippen LogP contribution in [-0.4, -0.2) is 25.0 Å². The van der Waals surface area contributed by atoms with E-state index in [0.717, 1.165) is 11.5 Å². The number of fused-ring (bicyclic) bond motifs is 2. The smallest absolute Gasteiger partial charge is 0.272 e. The van der Waals surface area contributed by atoms with Crippen molar-refractivity contribution in [2.45, 2.75) is 18.7 Å². The van der Waals surface area contributed by atoms with Gasteiger partial charge >= 0.3 is 0 Å². The fraction of sp³-hybridized carbons (Fsp3) is 0.0714. The van der Waals surface area contributed by atoms with E-state index < -0.39 is 20.9 Å². The third kappa shape index (κ3) is 4.20. The van der Waals surface area contributed by atoms with E-state index in [9.17, 15) is 28.1 Å². The summed E-state index contributed by atoms with van der Waals surface area (Å²) in [6.45, 7) is 2.98. The molecule has 0 aliphatic carbocycles. The third-order valence-electron chi connectivity index (χ3n) is 6.18. The van der Waals surface area contributed by atoms with Gasteiger partial charge in [0.05, 0.1) is 21.1 Å². The number of nitro benzene ring substituents is 1. The van der Waals surface area contributed by atoms with E-state index in [4.69, 9.17) is 4.42 Å². The number of furan rings is 1. The van der Waals surface area contributed by atoms with Crippen molar-refractivity contribution in [3.8, 4) is 0 Å². The minimum atomic E-state index is -4.52. The minimum Gasteiger partial charge on any atom is -0.461 e. The number of amides is 1. The Morgan fingerprint density at radius 3 is 2.34 bits per heavy atom. The van der Waals surface area contributed by atoms with Crippen LogP contribution in [0.1, 0.15) is 33.4 Å². The highest BCUT2D eigenvalue weighted by Gasteiger charge is 2.33. The van der Waals surface area contributed by atoms with Gasteiger partial charge in [-0.15, -0.1) is 0 Å². The van der Waals surface area contributed by atoms with Crippen molar-refractivity contribution in [2.24, 2.45) is 0 Å². The number of anilines is 1. The van der Waals surface area contributed by atoms with Crippen LogP contribution >= 0.6 is 0 Å². The van der Waals surface area contributed by atoms with Gasteiger partial charge in [-0.05, 0) is 61.0 Å². The Kier molecular flexibility index (Phi) is 6.04. The van der Waals surface area contributed by atoms with E-state index in [1.165, 1.54) is 55.5 Å². The highest BCUT2D eigenvalue weighted by atomic mass is 32.2. The monoisotopic (exact) mass is 528 g/mol. The molecule has 0 atom stereocenters. The zero-order valence-corrected chi connectivity index (χ0v) is 21.1. The van der Waals surface area contributed by atoms with Crippen molar-refractivity contribution in [3.63, 3.8) is 0 Å². The molecule has 0 fully saturated rings. The molecule has 1 heterocycles. The van der Waals surface area contributed by atoms with Crippen molar-refractivity contribution >= 4 is 54.8 Å². The summed E-state index contributed by atoms with van der Waals surface area (Å²) < 4.78 is 34.4. The number of carbonyl (C=O) groups excluding carboxylic acids is 2. The molecule has 0 spiro atoms. The molecule has 0 N–H and O–H groups in total. The molecule has 4 aromatic carbocycles. The molecule has 0 aliphatic heterocycles. The van der Waals surface area contributed by atoms with Crippen molar-refractivity contribution < 1.29 is 27.3 Å². The zero-order valence-electron chi connectivity index (χ0n) is 20.2. The molecule has 5 rings (SSSR count).